The normalized spacial score (nSPS) is 11.2. The number of amides is 2. The Bertz CT molecular complexity index is 696. The van der Waals surface area contributed by atoms with Crippen LogP contribution in [0, 0.1) is 5.92 Å². The Morgan fingerprint density at radius 2 is 1.93 bits per heavy atom. The molecule has 0 aliphatic rings. The number of rotatable bonds is 8. The molecule has 7 nitrogen and oxygen atoms in total. The maximum Gasteiger partial charge on any atom is 0.417 e. The van der Waals surface area contributed by atoms with E-state index in [1.807, 2.05) is 13.8 Å². The molecule has 150 valence electrons. The van der Waals surface area contributed by atoms with E-state index in [1.165, 1.54) is 0 Å². The smallest absolute Gasteiger partial charge is 0.417 e. The summed E-state index contributed by atoms with van der Waals surface area (Å²) in [4.78, 5) is 38.0. The van der Waals surface area contributed by atoms with Crippen molar-refractivity contribution in [1.82, 2.24) is 10.3 Å². The molecule has 1 rings (SSSR count). The zero-order valence-corrected chi connectivity index (χ0v) is 15.4. The monoisotopic (exact) mass is 409 g/mol. The number of esters is 1. The molecule has 0 aliphatic heterocycles. The van der Waals surface area contributed by atoms with E-state index in [2.05, 4.69) is 20.4 Å². The van der Waals surface area contributed by atoms with E-state index < -0.39 is 41.8 Å². The Morgan fingerprint density at radius 1 is 1.26 bits per heavy atom. The fourth-order valence-corrected chi connectivity index (χ4v) is 1.94. The Balaban J connectivity index is 2.40. The lowest BCUT2D eigenvalue weighted by Crippen LogP contribution is -2.32. The number of carbonyl (C=O) groups excluding carboxylic acids is 3. The average Bonchev–Trinajstić information content (AvgIpc) is 2.57. The highest BCUT2D eigenvalue weighted by molar-refractivity contribution is 6.33. The molecule has 1 heterocycles. The van der Waals surface area contributed by atoms with Gasteiger partial charge in [-0.15, -0.1) is 0 Å². The van der Waals surface area contributed by atoms with E-state index in [-0.39, 0.29) is 18.1 Å². The number of nitrogens with zero attached hydrogens (tertiary/aromatic N) is 1. The molecule has 0 spiro atoms. The quantitative estimate of drug-likeness (QED) is 0.643. The van der Waals surface area contributed by atoms with Gasteiger partial charge >= 0.3 is 12.1 Å². The van der Waals surface area contributed by atoms with Gasteiger partial charge in [0.05, 0.1) is 10.6 Å². The number of pyridine rings is 1. The van der Waals surface area contributed by atoms with Crippen LogP contribution in [-0.4, -0.2) is 35.9 Å². The molecule has 0 aliphatic carbocycles. The van der Waals surface area contributed by atoms with Crippen LogP contribution in [0.25, 0.3) is 0 Å². The molecule has 0 unspecified atom stereocenters. The third kappa shape index (κ3) is 8.72. The molecular formula is C16H19ClF3N3O4. The van der Waals surface area contributed by atoms with Crippen LogP contribution < -0.4 is 10.6 Å². The van der Waals surface area contributed by atoms with E-state index in [0.29, 0.717) is 24.6 Å². The van der Waals surface area contributed by atoms with Crippen LogP contribution in [0.1, 0.15) is 32.3 Å². The summed E-state index contributed by atoms with van der Waals surface area (Å²) >= 11 is 5.65. The predicted octanol–water partition coefficient (Wildman–Crippen LogP) is 2.79. The summed E-state index contributed by atoms with van der Waals surface area (Å²) in [5.74, 6) is -1.95. The molecule has 0 radical (unpaired) electrons. The van der Waals surface area contributed by atoms with Crippen molar-refractivity contribution < 1.29 is 32.3 Å². The molecule has 0 fully saturated rings. The average molecular weight is 410 g/mol. The van der Waals surface area contributed by atoms with Crippen molar-refractivity contribution in [2.75, 3.05) is 18.5 Å². The number of aromatic nitrogens is 1. The highest BCUT2D eigenvalue weighted by Crippen LogP contribution is 2.32. The maximum atomic E-state index is 12.5. The Kier molecular flexibility index (Phi) is 8.48. The second-order valence-corrected chi connectivity index (χ2v) is 6.38. The first-order valence-electron chi connectivity index (χ1n) is 7.94. The van der Waals surface area contributed by atoms with E-state index in [4.69, 9.17) is 11.6 Å². The van der Waals surface area contributed by atoms with E-state index >= 15 is 0 Å². The highest BCUT2D eigenvalue weighted by atomic mass is 35.5. The van der Waals surface area contributed by atoms with Gasteiger partial charge in [0.2, 0.25) is 5.91 Å². The van der Waals surface area contributed by atoms with Gasteiger partial charge in [-0.05, 0) is 18.4 Å². The summed E-state index contributed by atoms with van der Waals surface area (Å²) < 4.78 is 42.2. The van der Waals surface area contributed by atoms with Crippen LogP contribution in [0.2, 0.25) is 5.02 Å². The number of carbonyl (C=O) groups is 3. The highest BCUT2D eigenvalue weighted by Gasteiger charge is 2.31. The predicted molar refractivity (Wildman–Crippen MR) is 90.9 cm³/mol. The van der Waals surface area contributed by atoms with Crippen molar-refractivity contribution in [3.63, 3.8) is 0 Å². The van der Waals surface area contributed by atoms with Crippen molar-refractivity contribution in [2.45, 2.75) is 32.9 Å². The van der Waals surface area contributed by atoms with E-state index in [0.717, 1.165) is 0 Å². The molecule has 2 N–H and O–H groups in total. The first-order valence-corrected chi connectivity index (χ1v) is 8.31. The van der Waals surface area contributed by atoms with Gasteiger partial charge in [0.15, 0.2) is 12.4 Å². The van der Waals surface area contributed by atoms with Crippen molar-refractivity contribution in [3.8, 4) is 0 Å². The van der Waals surface area contributed by atoms with Crippen LogP contribution in [0.5, 0.6) is 0 Å². The second-order valence-electron chi connectivity index (χ2n) is 5.97. The Morgan fingerprint density at radius 3 is 2.48 bits per heavy atom. The number of alkyl halides is 3. The van der Waals surface area contributed by atoms with Gasteiger partial charge in [-0.1, -0.05) is 25.4 Å². The number of anilines is 1. The number of hydrogen-bond donors (Lipinski definition) is 2. The third-order valence-electron chi connectivity index (χ3n) is 3.17. The zero-order chi connectivity index (χ0) is 20.6. The summed E-state index contributed by atoms with van der Waals surface area (Å²) in [7, 11) is 0. The van der Waals surface area contributed by atoms with Gasteiger partial charge in [0.1, 0.15) is 6.54 Å². The van der Waals surface area contributed by atoms with E-state index in [9.17, 15) is 27.6 Å². The van der Waals surface area contributed by atoms with Crippen molar-refractivity contribution in [1.29, 1.82) is 0 Å². The van der Waals surface area contributed by atoms with Crippen molar-refractivity contribution in [2.24, 2.45) is 5.92 Å². The minimum absolute atomic E-state index is 0.267. The molecule has 1 aromatic heterocycles. The lowest BCUT2D eigenvalue weighted by atomic mass is 10.1. The molecule has 11 heteroatoms. The molecule has 0 bridgehead atoms. The van der Waals surface area contributed by atoms with Crippen LogP contribution in [-0.2, 0) is 25.3 Å². The number of nitrogens with one attached hydrogen (secondary N) is 2. The summed E-state index contributed by atoms with van der Waals surface area (Å²) in [5, 5.41) is 4.07. The number of hydrogen-bond acceptors (Lipinski definition) is 5. The van der Waals surface area contributed by atoms with Gasteiger partial charge in [-0.25, -0.2) is 4.98 Å². The van der Waals surface area contributed by atoms with Gasteiger partial charge in [0, 0.05) is 12.6 Å². The van der Waals surface area contributed by atoms with Crippen LogP contribution >= 0.6 is 11.6 Å². The molecule has 27 heavy (non-hydrogen) atoms. The summed E-state index contributed by atoms with van der Waals surface area (Å²) in [6.45, 7) is 2.80. The molecule has 0 saturated carbocycles. The largest absolute Gasteiger partial charge is 0.454 e. The van der Waals surface area contributed by atoms with Gasteiger partial charge in [-0.2, -0.15) is 13.2 Å². The first-order chi connectivity index (χ1) is 12.5. The van der Waals surface area contributed by atoms with Crippen molar-refractivity contribution in [3.05, 3.63) is 22.8 Å². The number of halogens is 4. The van der Waals surface area contributed by atoms with Crippen LogP contribution in [0.15, 0.2) is 12.3 Å². The standard InChI is InChI=1S/C16H19ClF3N3O4/c1-9(2)3-4-12(24)21-7-14(26)27-8-13(25)23-15-11(17)5-10(6-22-15)16(18,19)20/h5-6,9H,3-4,7-8H2,1-2H3,(H,21,24)(H,22,23,25). The van der Waals surface area contributed by atoms with Gasteiger partial charge < -0.3 is 15.4 Å². The second kappa shape index (κ2) is 10.1. The topological polar surface area (TPSA) is 97.4 Å². The molecule has 1 aromatic rings. The third-order valence-corrected chi connectivity index (χ3v) is 3.46. The summed E-state index contributed by atoms with van der Waals surface area (Å²) in [5.41, 5.74) is -1.06. The lowest BCUT2D eigenvalue weighted by molar-refractivity contribution is -0.147. The molecule has 2 amide bonds. The maximum absolute atomic E-state index is 12.5. The lowest BCUT2D eigenvalue weighted by Gasteiger charge is -2.10. The molecule has 0 atom stereocenters. The Labute approximate surface area is 158 Å². The fourth-order valence-electron chi connectivity index (χ4n) is 1.73. The van der Waals surface area contributed by atoms with Gasteiger partial charge in [-0.3, -0.25) is 14.4 Å². The minimum Gasteiger partial charge on any atom is -0.454 e. The zero-order valence-electron chi connectivity index (χ0n) is 14.7. The van der Waals surface area contributed by atoms with Gasteiger partial charge in [0.25, 0.3) is 5.91 Å². The van der Waals surface area contributed by atoms with E-state index in [1.54, 1.807) is 0 Å². The molecular weight excluding hydrogens is 391 g/mol. The van der Waals surface area contributed by atoms with Crippen molar-refractivity contribution >= 4 is 35.2 Å². The SMILES string of the molecule is CC(C)CCC(=O)NCC(=O)OCC(=O)Nc1ncc(C(F)(F)F)cc1Cl. The van der Waals surface area contributed by atoms with Crippen LogP contribution in [0.4, 0.5) is 19.0 Å². The number of ether oxygens (including phenoxy) is 1. The Hall–Kier alpha value is -2.36. The minimum atomic E-state index is -4.62. The summed E-state index contributed by atoms with van der Waals surface area (Å²) in [6, 6.07) is 0.614. The molecule has 0 saturated heterocycles. The molecule has 0 aromatic carbocycles. The first kappa shape index (κ1) is 22.7. The van der Waals surface area contributed by atoms with Crippen LogP contribution in [0.3, 0.4) is 0 Å². The fraction of sp³-hybridized carbons (Fsp3) is 0.500. The summed E-state index contributed by atoms with van der Waals surface area (Å²) in [6.07, 6.45) is -3.16.